The minimum absolute atomic E-state index is 0.421. The molecule has 0 amide bonds. The summed E-state index contributed by atoms with van der Waals surface area (Å²) >= 11 is 5.73. The highest BCUT2D eigenvalue weighted by atomic mass is 35.5. The van der Waals surface area contributed by atoms with Crippen molar-refractivity contribution in [3.05, 3.63) is 11.6 Å². The molecular weight excluding hydrogens is 234 g/mol. The summed E-state index contributed by atoms with van der Waals surface area (Å²) in [5, 5.41) is 7.18. The molecule has 1 heterocycles. The number of nitrogens with one attached hydrogen (secondary N) is 1. The number of aromatic nitrogens is 3. The third-order valence-electron chi connectivity index (χ3n) is 3.99. The smallest absolute Gasteiger partial charge is 0.153 e. The SMILES string of the molecule is CC(C)(C)C1CCC(c2n[nH]c(CCl)n2)CC1. The Morgan fingerprint density at radius 3 is 2.35 bits per heavy atom. The molecule has 1 aliphatic carbocycles. The van der Waals surface area contributed by atoms with E-state index in [1.165, 1.54) is 25.7 Å². The molecule has 17 heavy (non-hydrogen) atoms. The molecule has 0 bridgehead atoms. The summed E-state index contributed by atoms with van der Waals surface area (Å²) < 4.78 is 0. The zero-order valence-corrected chi connectivity index (χ0v) is 11.7. The van der Waals surface area contributed by atoms with Crippen molar-refractivity contribution in [3.63, 3.8) is 0 Å². The van der Waals surface area contributed by atoms with Gasteiger partial charge in [0, 0.05) is 5.92 Å². The minimum atomic E-state index is 0.421. The molecule has 2 rings (SSSR count). The first-order valence-electron chi connectivity index (χ1n) is 6.48. The number of rotatable bonds is 2. The van der Waals surface area contributed by atoms with Gasteiger partial charge in [0.05, 0.1) is 5.88 Å². The van der Waals surface area contributed by atoms with Crippen molar-refractivity contribution in [3.8, 4) is 0 Å². The van der Waals surface area contributed by atoms with Crippen LogP contribution in [-0.4, -0.2) is 15.2 Å². The zero-order valence-electron chi connectivity index (χ0n) is 11.0. The largest absolute Gasteiger partial charge is 0.262 e. The summed E-state index contributed by atoms with van der Waals surface area (Å²) in [5.74, 6) is 3.55. The summed E-state index contributed by atoms with van der Waals surface area (Å²) in [4.78, 5) is 4.44. The molecule has 0 unspecified atom stereocenters. The molecule has 1 aliphatic rings. The van der Waals surface area contributed by atoms with Gasteiger partial charge in [0.1, 0.15) is 5.82 Å². The van der Waals surface area contributed by atoms with Crippen LogP contribution in [0, 0.1) is 11.3 Å². The van der Waals surface area contributed by atoms with Gasteiger partial charge in [0.2, 0.25) is 0 Å². The Morgan fingerprint density at radius 2 is 1.88 bits per heavy atom. The number of alkyl halides is 1. The Morgan fingerprint density at radius 1 is 1.24 bits per heavy atom. The molecule has 96 valence electrons. The summed E-state index contributed by atoms with van der Waals surface area (Å²) in [5.41, 5.74) is 0.436. The number of H-pyrrole nitrogens is 1. The van der Waals surface area contributed by atoms with E-state index in [-0.39, 0.29) is 0 Å². The fourth-order valence-electron chi connectivity index (χ4n) is 2.77. The average molecular weight is 256 g/mol. The predicted octanol–water partition coefficient (Wildman–Crippen LogP) is 3.86. The van der Waals surface area contributed by atoms with Crippen LogP contribution in [0.3, 0.4) is 0 Å². The second-order valence-corrected chi connectivity index (χ2v) is 6.46. The third-order valence-corrected chi connectivity index (χ3v) is 4.25. The number of aromatic amines is 1. The Hall–Kier alpha value is -0.570. The lowest BCUT2D eigenvalue weighted by atomic mass is 9.70. The van der Waals surface area contributed by atoms with Gasteiger partial charge in [-0.2, -0.15) is 5.10 Å². The van der Waals surface area contributed by atoms with Gasteiger partial charge in [-0.25, -0.2) is 4.98 Å². The van der Waals surface area contributed by atoms with Gasteiger partial charge in [0.15, 0.2) is 5.82 Å². The molecular formula is C13H22ClN3. The Bertz CT molecular complexity index is 359. The average Bonchev–Trinajstić information content (AvgIpc) is 2.76. The lowest BCUT2D eigenvalue weighted by molar-refractivity contribution is 0.167. The highest BCUT2D eigenvalue weighted by molar-refractivity contribution is 6.16. The maximum Gasteiger partial charge on any atom is 0.153 e. The van der Waals surface area contributed by atoms with E-state index >= 15 is 0 Å². The van der Waals surface area contributed by atoms with Crippen LogP contribution in [0.15, 0.2) is 0 Å². The molecule has 1 N–H and O–H groups in total. The molecule has 0 aliphatic heterocycles. The number of hydrogen-bond acceptors (Lipinski definition) is 2. The lowest BCUT2D eigenvalue weighted by Crippen LogP contribution is -2.25. The summed E-state index contributed by atoms with van der Waals surface area (Å²) in [6, 6.07) is 0. The van der Waals surface area contributed by atoms with Crippen LogP contribution >= 0.6 is 11.6 Å². The Kier molecular flexibility index (Phi) is 3.76. The van der Waals surface area contributed by atoms with Crippen molar-refractivity contribution in [2.24, 2.45) is 11.3 Å². The monoisotopic (exact) mass is 255 g/mol. The molecule has 0 radical (unpaired) electrons. The van der Waals surface area contributed by atoms with E-state index in [0.717, 1.165) is 17.6 Å². The zero-order chi connectivity index (χ0) is 12.5. The molecule has 0 atom stereocenters. The van der Waals surface area contributed by atoms with Gasteiger partial charge < -0.3 is 0 Å². The van der Waals surface area contributed by atoms with E-state index in [9.17, 15) is 0 Å². The molecule has 0 aromatic carbocycles. The quantitative estimate of drug-likeness (QED) is 0.816. The second-order valence-electron chi connectivity index (χ2n) is 6.19. The van der Waals surface area contributed by atoms with Crippen LogP contribution in [0.2, 0.25) is 0 Å². The first-order valence-corrected chi connectivity index (χ1v) is 7.01. The number of halogens is 1. The van der Waals surface area contributed by atoms with Crippen molar-refractivity contribution >= 4 is 11.6 Å². The van der Waals surface area contributed by atoms with Crippen molar-refractivity contribution in [2.45, 2.75) is 58.3 Å². The molecule has 0 saturated heterocycles. The van der Waals surface area contributed by atoms with E-state index in [4.69, 9.17) is 11.6 Å². The molecule has 1 fully saturated rings. The van der Waals surface area contributed by atoms with E-state index in [1.54, 1.807) is 0 Å². The van der Waals surface area contributed by atoms with Gasteiger partial charge in [-0.1, -0.05) is 20.8 Å². The van der Waals surface area contributed by atoms with E-state index < -0.39 is 0 Å². The lowest BCUT2D eigenvalue weighted by Gasteiger charge is -2.36. The highest BCUT2D eigenvalue weighted by Gasteiger charge is 2.31. The van der Waals surface area contributed by atoms with Crippen LogP contribution in [0.5, 0.6) is 0 Å². The van der Waals surface area contributed by atoms with Gasteiger partial charge in [-0.3, -0.25) is 5.10 Å². The summed E-state index contributed by atoms with van der Waals surface area (Å²) in [7, 11) is 0. The molecule has 3 nitrogen and oxygen atoms in total. The standard InChI is InChI=1S/C13H22ClN3/c1-13(2,3)10-6-4-9(5-7-10)12-15-11(8-14)16-17-12/h9-10H,4-8H2,1-3H3,(H,15,16,17). The predicted molar refractivity (Wildman–Crippen MR) is 70.1 cm³/mol. The second kappa shape index (κ2) is 4.97. The van der Waals surface area contributed by atoms with Gasteiger partial charge >= 0.3 is 0 Å². The fourth-order valence-corrected chi connectivity index (χ4v) is 2.89. The van der Waals surface area contributed by atoms with Crippen LogP contribution in [-0.2, 0) is 5.88 Å². The molecule has 1 saturated carbocycles. The van der Waals surface area contributed by atoms with Gasteiger partial charge in [0.25, 0.3) is 0 Å². The first-order chi connectivity index (χ1) is 8.00. The van der Waals surface area contributed by atoms with Gasteiger partial charge in [-0.15, -0.1) is 11.6 Å². The van der Waals surface area contributed by atoms with E-state index in [0.29, 0.717) is 17.2 Å². The van der Waals surface area contributed by atoms with Crippen molar-refractivity contribution < 1.29 is 0 Å². The number of hydrogen-bond donors (Lipinski definition) is 1. The Balaban J connectivity index is 1.95. The van der Waals surface area contributed by atoms with Crippen molar-refractivity contribution in [1.82, 2.24) is 15.2 Å². The molecule has 4 heteroatoms. The van der Waals surface area contributed by atoms with Crippen LogP contribution in [0.1, 0.15) is 64.0 Å². The first kappa shape index (κ1) is 12.9. The normalized spacial score (nSPS) is 26.1. The summed E-state index contributed by atoms with van der Waals surface area (Å²) in [6.45, 7) is 7.03. The minimum Gasteiger partial charge on any atom is -0.262 e. The maximum absolute atomic E-state index is 5.73. The molecule has 1 aromatic heterocycles. The number of nitrogens with zero attached hydrogens (tertiary/aromatic N) is 2. The van der Waals surface area contributed by atoms with Crippen LogP contribution < -0.4 is 0 Å². The van der Waals surface area contributed by atoms with E-state index in [1.807, 2.05) is 0 Å². The Labute approximate surface area is 108 Å². The van der Waals surface area contributed by atoms with E-state index in [2.05, 4.69) is 36.0 Å². The van der Waals surface area contributed by atoms with Crippen molar-refractivity contribution in [1.29, 1.82) is 0 Å². The van der Waals surface area contributed by atoms with Crippen molar-refractivity contribution in [2.75, 3.05) is 0 Å². The van der Waals surface area contributed by atoms with Crippen LogP contribution in [0.4, 0.5) is 0 Å². The highest BCUT2D eigenvalue weighted by Crippen LogP contribution is 2.42. The molecule has 1 aromatic rings. The van der Waals surface area contributed by atoms with Crippen LogP contribution in [0.25, 0.3) is 0 Å². The maximum atomic E-state index is 5.73. The topological polar surface area (TPSA) is 41.6 Å². The summed E-state index contributed by atoms with van der Waals surface area (Å²) in [6.07, 6.45) is 5.00. The fraction of sp³-hybridized carbons (Fsp3) is 0.846. The molecule has 0 spiro atoms. The third kappa shape index (κ3) is 3.01. The van der Waals surface area contributed by atoms with Gasteiger partial charge in [-0.05, 0) is 37.0 Å².